The van der Waals surface area contributed by atoms with Crippen LogP contribution in [0.2, 0.25) is 0 Å². The summed E-state index contributed by atoms with van der Waals surface area (Å²) in [7, 11) is -1.60. The Hall–Kier alpha value is -2.98. The number of para-hydroxylation sites is 1. The first-order valence-corrected chi connectivity index (χ1v) is 12.5. The van der Waals surface area contributed by atoms with Gasteiger partial charge in [-0.15, -0.1) is 0 Å². The van der Waals surface area contributed by atoms with Crippen LogP contribution in [0.1, 0.15) is 32.8 Å². The predicted octanol–water partition coefficient (Wildman–Crippen LogP) is 2.77. The van der Waals surface area contributed by atoms with Crippen LogP contribution in [-0.4, -0.2) is 62.2 Å². The van der Waals surface area contributed by atoms with E-state index in [-0.39, 0.29) is 24.2 Å². The summed E-state index contributed by atoms with van der Waals surface area (Å²) >= 11 is 0. The van der Waals surface area contributed by atoms with E-state index in [9.17, 15) is 22.4 Å². The van der Waals surface area contributed by atoms with Gasteiger partial charge in [0.15, 0.2) is 0 Å². The van der Waals surface area contributed by atoms with Gasteiger partial charge in [0.2, 0.25) is 11.8 Å². The molecule has 0 aromatic heterocycles. The molecule has 2 amide bonds. The number of carbonyl (C=O) groups excluding carboxylic acids is 2. The number of hydrogen-bond donors (Lipinski definition) is 1. The maximum atomic E-state index is 14.6. The average molecular weight is 493 g/mol. The molecule has 0 bridgehead atoms. The van der Waals surface area contributed by atoms with Crippen molar-refractivity contribution in [3.05, 3.63) is 66.0 Å². The fraction of sp³-hybridized carbons (Fsp3) is 0.417. The number of amides is 2. The minimum atomic E-state index is -4.21. The van der Waals surface area contributed by atoms with Gasteiger partial charge in [0, 0.05) is 26.7 Å². The number of nitrogens with zero attached hydrogens (tertiary/aromatic N) is 3. The van der Waals surface area contributed by atoms with E-state index in [1.54, 1.807) is 6.92 Å². The molecule has 0 fully saturated rings. The number of anilines is 1. The largest absolute Gasteiger partial charge is 0.352 e. The Bertz CT molecular complexity index is 1080. The van der Waals surface area contributed by atoms with Crippen LogP contribution >= 0.6 is 0 Å². The molecule has 8 nitrogen and oxygen atoms in total. The fourth-order valence-corrected chi connectivity index (χ4v) is 4.25. The van der Waals surface area contributed by atoms with Crippen molar-refractivity contribution in [2.75, 3.05) is 24.9 Å². The summed E-state index contributed by atoms with van der Waals surface area (Å²) in [6.45, 7) is 4.79. The molecule has 0 saturated heterocycles. The number of carbonyl (C=O) groups is 2. The zero-order valence-corrected chi connectivity index (χ0v) is 21.0. The Morgan fingerprint density at radius 2 is 1.59 bits per heavy atom. The molecule has 2 atom stereocenters. The van der Waals surface area contributed by atoms with E-state index >= 15 is 0 Å². The van der Waals surface area contributed by atoms with Crippen LogP contribution < -0.4 is 9.62 Å². The van der Waals surface area contributed by atoms with Crippen LogP contribution in [0.25, 0.3) is 0 Å². The summed E-state index contributed by atoms with van der Waals surface area (Å²) in [4.78, 5) is 27.7. The number of halogens is 1. The van der Waals surface area contributed by atoms with Gasteiger partial charge in [0.05, 0.1) is 5.69 Å². The summed E-state index contributed by atoms with van der Waals surface area (Å²) in [5.41, 5.74) is 0.521. The zero-order chi connectivity index (χ0) is 25.5. The van der Waals surface area contributed by atoms with Crippen molar-refractivity contribution in [2.45, 2.75) is 45.8 Å². The number of nitrogens with one attached hydrogen (secondary N) is 1. The number of rotatable bonds is 11. The molecule has 0 spiro atoms. The minimum absolute atomic E-state index is 0.0852. The van der Waals surface area contributed by atoms with Gasteiger partial charge in [-0.25, -0.2) is 8.70 Å². The third-order valence-corrected chi connectivity index (χ3v) is 7.31. The van der Waals surface area contributed by atoms with Crippen molar-refractivity contribution in [1.29, 1.82) is 0 Å². The molecule has 0 aliphatic carbocycles. The Balaban J connectivity index is 2.44. The normalized spacial score (nSPS) is 13.3. The molecular formula is C24H33FN4O4S. The maximum absolute atomic E-state index is 14.6. The molecule has 2 aromatic carbocycles. The van der Waals surface area contributed by atoms with Crippen molar-refractivity contribution in [2.24, 2.45) is 0 Å². The first-order chi connectivity index (χ1) is 16.0. The summed E-state index contributed by atoms with van der Waals surface area (Å²) in [5, 5.41) is 2.86. The Morgan fingerprint density at radius 1 is 1.00 bits per heavy atom. The highest BCUT2D eigenvalue weighted by Crippen LogP contribution is 2.23. The van der Waals surface area contributed by atoms with Gasteiger partial charge in [-0.3, -0.25) is 9.59 Å². The van der Waals surface area contributed by atoms with E-state index < -0.39 is 34.5 Å². The molecule has 0 aliphatic rings. The smallest absolute Gasteiger partial charge is 0.304 e. The SMILES string of the molecule is CCC(C)NC(=O)C(C)N(Cc1ccccc1)C(=O)CN(c1ccccc1F)S(=O)(=O)N(C)C. The molecule has 0 saturated carbocycles. The average Bonchev–Trinajstić information content (AvgIpc) is 2.81. The highest BCUT2D eigenvalue weighted by atomic mass is 32.2. The molecule has 1 N–H and O–H groups in total. The van der Waals surface area contributed by atoms with Crippen molar-refractivity contribution in [1.82, 2.24) is 14.5 Å². The Morgan fingerprint density at radius 3 is 2.15 bits per heavy atom. The third kappa shape index (κ3) is 6.77. The Kier molecular flexibility index (Phi) is 9.57. The van der Waals surface area contributed by atoms with Crippen molar-refractivity contribution < 1.29 is 22.4 Å². The van der Waals surface area contributed by atoms with Gasteiger partial charge in [0.25, 0.3) is 0 Å². The second-order valence-electron chi connectivity index (χ2n) is 8.25. The summed E-state index contributed by atoms with van der Waals surface area (Å²) in [5.74, 6) is -1.77. The fourth-order valence-electron chi connectivity index (χ4n) is 3.18. The molecule has 2 rings (SSSR count). The highest BCUT2D eigenvalue weighted by Gasteiger charge is 2.33. The van der Waals surface area contributed by atoms with Crippen LogP contribution in [-0.2, 0) is 26.3 Å². The van der Waals surface area contributed by atoms with Gasteiger partial charge in [-0.1, -0.05) is 49.4 Å². The van der Waals surface area contributed by atoms with Crippen LogP contribution in [0.5, 0.6) is 0 Å². The van der Waals surface area contributed by atoms with E-state index in [0.29, 0.717) is 6.42 Å². The van der Waals surface area contributed by atoms with E-state index in [0.717, 1.165) is 20.2 Å². The van der Waals surface area contributed by atoms with Gasteiger partial charge >= 0.3 is 10.2 Å². The summed E-state index contributed by atoms with van der Waals surface area (Å²) < 4.78 is 42.3. The van der Waals surface area contributed by atoms with E-state index in [4.69, 9.17) is 0 Å². The topological polar surface area (TPSA) is 90.0 Å². The quantitative estimate of drug-likeness (QED) is 0.522. The molecular weight excluding hydrogens is 459 g/mol. The second kappa shape index (κ2) is 11.9. The molecule has 0 aliphatic heterocycles. The lowest BCUT2D eigenvalue weighted by Gasteiger charge is -2.33. The first kappa shape index (κ1) is 27.3. The first-order valence-electron chi connectivity index (χ1n) is 11.1. The van der Waals surface area contributed by atoms with E-state index in [2.05, 4.69) is 5.32 Å². The standard InChI is InChI=1S/C24H33FN4O4S/c1-6-18(2)26-24(31)19(3)28(16-20-12-8-7-9-13-20)23(30)17-29(34(32,33)27(4)5)22-15-11-10-14-21(22)25/h7-15,18-19H,6,16-17H2,1-5H3,(H,26,31). The van der Waals surface area contributed by atoms with E-state index in [1.165, 1.54) is 37.2 Å². The van der Waals surface area contributed by atoms with Crippen molar-refractivity contribution in [3.8, 4) is 0 Å². The monoisotopic (exact) mass is 492 g/mol. The third-order valence-electron chi connectivity index (χ3n) is 5.50. The number of hydrogen-bond acceptors (Lipinski definition) is 4. The maximum Gasteiger partial charge on any atom is 0.304 e. The molecule has 2 unspecified atom stereocenters. The minimum Gasteiger partial charge on any atom is -0.352 e. The number of benzene rings is 2. The van der Waals surface area contributed by atoms with E-state index in [1.807, 2.05) is 44.2 Å². The lowest BCUT2D eigenvalue weighted by atomic mass is 10.1. The summed E-state index contributed by atoms with van der Waals surface area (Å²) in [6, 6.07) is 13.4. The molecule has 186 valence electrons. The molecule has 10 heteroatoms. The van der Waals surface area contributed by atoms with Crippen LogP contribution in [0.15, 0.2) is 54.6 Å². The van der Waals surface area contributed by atoms with Crippen LogP contribution in [0, 0.1) is 5.82 Å². The lowest BCUT2D eigenvalue weighted by Crippen LogP contribution is -2.53. The van der Waals surface area contributed by atoms with Crippen molar-refractivity contribution >= 4 is 27.7 Å². The zero-order valence-electron chi connectivity index (χ0n) is 20.2. The van der Waals surface area contributed by atoms with Gasteiger partial charge < -0.3 is 10.2 Å². The Labute approximate surface area is 201 Å². The van der Waals surface area contributed by atoms with Crippen LogP contribution in [0.4, 0.5) is 10.1 Å². The highest BCUT2D eigenvalue weighted by molar-refractivity contribution is 7.90. The van der Waals surface area contributed by atoms with Gasteiger partial charge in [0.1, 0.15) is 18.4 Å². The molecule has 0 radical (unpaired) electrons. The predicted molar refractivity (Wildman–Crippen MR) is 131 cm³/mol. The molecule has 2 aromatic rings. The molecule has 34 heavy (non-hydrogen) atoms. The van der Waals surface area contributed by atoms with Gasteiger partial charge in [-0.05, 0) is 38.0 Å². The van der Waals surface area contributed by atoms with Crippen LogP contribution in [0.3, 0.4) is 0 Å². The lowest BCUT2D eigenvalue weighted by molar-refractivity contribution is -0.139. The van der Waals surface area contributed by atoms with Crippen molar-refractivity contribution in [3.63, 3.8) is 0 Å². The molecule has 0 heterocycles. The summed E-state index contributed by atoms with van der Waals surface area (Å²) in [6.07, 6.45) is 0.716. The second-order valence-corrected chi connectivity index (χ2v) is 10.3. The van der Waals surface area contributed by atoms with Gasteiger partial charge in [-0.2, -0.15) is 12.7 Å².